The van der Waals surface area contributed by atoms with E-state index in [2.05, 4.69) is 10.2 Å². The molecule has 1 spiro atoms. The number of fused-ring (bicyclic) bond motifs is 7. The number of imide groups is 1. The van der Waals surface area contributed by atoms with E-state index in [9.17, 15) is 14.4 Å². The summed E-state index contributed by atoms with van der Waals surface area (Å²) in [6, 6.07) is 10.3. The molecule has 3 fully saturated rings. The first kappa shape index (κ1) is 19.8. The summed E-state index contributed by atoms with van der Waals surface area (Å²) in [5.41, 5.74) is 1.54. The number of carbonyl (C=O) groups is 3. The number of anilines is 2. The topological polar surface area (TPSA) is 79.0 Å². The number of amides is 3. The summed E-state index contributed by atoms with van der Waals surface area (Å²) in [5.74, 6) is -1.53. The molecule has 32 heavy (non-hydrogen) atoms. The minimum atomic E-state index is -1.22. The zero-order valence-electron chi connectivity index (χ0n) is 17.7. The van der Waals surface area contributed by atoms with Crippen LogP contribution >= 0.6 is 11.6 Å². The average Bonchev–Trinajstić information content (AvgIpc) is 3.47. The maximum Gasteiger partial charge on any atom is 0.250 e. The van der Waals surface area contributed by atoms with Gasteiger partial charge >= 0.3 is 0 Å². The van der Waals surface area contributed by atoms with E-state index in [0.29, 0.717) is 34.3 Å². The van der Waals surface area contributed by atoms with E-state index in [4.69, 9.17) is 16.3 Å². The van der Waals surface area contributed by atoms with Gasteiger partial charge in [-0.3, -0.25) is 19.3 Å². The molecule has 4 aliphatic heterocycles. The van der Waals surface area contributed by atoms with Crippen LogP contribution in [0.4, 0.5) is 11.4 Å². The highest BCUT2D eigenvalue weighted by Crippen LogP contribution is 2.61. The van der Waals surface area contributed by atoms with Crippen molar-refractivity contribution in [3.05, 3.63) is 52.5 Å². The number of halogens is 1. The zero-order chi connectivity index (χ0) is 22.4. The van der Waals surface area contributed by atoms with E-state index in [-0.39, 0.29) is 23.8 Å². The molecule has 2 aromatic rings. The number of nitrogens with zero attached hydrogens (tertiary/aromatic N) is 2. The Labute approximate surface area is 190 Å². The van der Waals surface area contributed by atoms with Gasteiger partial charge in [-0.15, -0.1) is 0 Å². The summed E-state index contributed by atoms with van der Waals surface area (Å²) in [5, 5.41) is 3.53. The van der Waals surface area contributed by atoms with E-state index in [1.54, 1.807) is 43.5 Å². The van der Waals surface area contributed by atoms with Crippen LogP contribution in [0.3, 0.4) is 0 Å². The van der Waals surface area contributed by atoms with Crippen molar-refractivity contribution in [2.75, 3.05) is 23.9 Å². The number of nitrogens with one attached hydrogen (secondary N) is 1. The fraction of sp³-hybridized carbons (Fsp3) is 0.375. The van der Waals surface area contributed by atoms with Gasteiger partial charge in [-0.2, -0.15) is 0 Å². The summed E-state index contributed by atoms with van der Waals surface area (Å²) in [6.45, 7) is 2.56. The van der Waals surface area contributed by atoms with Gasteiger partial charge in [-0.25, -0.2) is 4.90 Å². The normalized spacial score (nSPS) is 30.7. The minimum absolute atomic E-state index is 0.157. The Bertz CT molecular complexity index is 1200. The Morgan fingerprint density at radius 1 is 1.12 bits per heavy atom. The van der Waals surface area contributed by atoms with Gasteiger partial charge in [0.05, 0.1) is 24.6 Å². The van der Waals surface area contributed by atoms with E-state index in [1.807, 2.05) is 6.92 Å². The maximum absolute atomic E-state index is 13.9. The lowest BCUT2D eigenvalue weighted by atomic mass is 9.75. The highest BCUT2D eigenvalue weighted by atomic mass is 35.5. The molecule has 2 aromatic carbocycles. The van der Waals surface area contributed by atoms with Gasteiger partial charge in [0.2, 0.25) is 17.7 Å². The van der Waals surface area contributed by atoms with Gasteiger partial charge in [-0.1, -0.05) is 11.6 Å². The number of methoxy groups -OCH3 is 1. The predicted octanol–water partition coefficient (Wildman–Crippen LogP) is 3.09. The van der Waals surface area contributed by atoms with Gasteiger partial charge in [0.1, 0.15) is 11.3 Å². The Kier molecular flexibility index (Phi) is 4.05. The SMILES string of the molecule is COc1ccc(N2C(=O)[C@@H]3[C@@H]4CCCN4[C@]4(C(=O)Nc5c(C)cc(Cl)cc54)[C@H]3C2=O)cc1. The molecule has 0 saturated carbocycles. The Hall–Kier alpha value is -2.90. The van der Waals surface area contributed by atoms with Crippen LogP contribution in [0.2, 0.25) is 5.02 Å². The van der Waals surface area contributed by atoms with E-state index in [0.717, 1.165) is 18.4 Å². The molecule has 8 heteroatoms. The van der Waals surface area contributed by atoms with Crippen LogP contribution in [0.25, 0.3) is 0 Å². The van der Waals surface area contributed by atoms with Crippen molar-refractivity contribution in [1.29, 1.82) is 0 Å². The van der Waals surface area contributed by atoms with E-state index >= 15 is 0 Å². The third-order valence-corrected chi connectivity index (χ3v) is 7.81. The third-order valence-electron chi connectivity index (χ3n) is 7.59. The molecule has 4 heterocycles. The van der Waals surface area contributed by atoms with Crippen molar-refractivity contribution < 1.29 is 19.1 Å². The summed E-state index contributed by atoms with van der Waals surface area (Å²) >= 11 is 6.41. The average molecular weight is 452 g/mol. The number of hydrogen-bond acceptors (Lipinski definition) is 5. The second-order valence-electron chi connectivity index (χ2n) is 8.98. The molecule has 3 saturated heterocycles. The van der Waals surface area contributed by atoms with Crippen molar-refractivity contribution in [3.63, 3.8) is 0 Å². The molecule has 0 unspecified atom stereocenters. The Morgan fingerprint density at radius 2 is 1.88 bits per heavy atom. The number of aryl methyl sites for hydroxylation is 1. The molecular weight excluding hydrogens is 430 g/mol. The lowest BCUT2D eigenvalue weighted by molar-refractivity contribution is -0.135. The highest BCUT2D eigenvalue weighted by molar-refractivity contribution is 6.31. The number of ether oxygens (including phenoxy) is 1. The molecule has 4 atom stereocenters. The Balaban J connectivity index is 1.54. The largest absolute Gasteiger partial charge is 0.497 e. The van der Waals surface area contributed by atoms with Crippen molar-refractivity contribution in [2.24, 2.45) is 11.8 Å². The molecule has 0 radical (unpaired) electrons. The van der Waals surface area contributed by atoms with Crippen LogP contribution in [0.5, 0.6) is 5.75 Å². The van der Waals surface area contributed by atoms with Gasteiger partial charge < -0.3 is 10.1 Å². The monoisotopic (exact) mass is 451 g/mol. The number of rotatable bonds is 2. The molecule has 164 valence electrons. The molecule has 3 amide bonds. The van der Waals surface area contributed by atoms with Gasteiger partial charge in [0.25, 0.3) is 0 Å². The number of carbonyl (C=O) groups excluding carboxylic acids is 3. The summed E-state index contributed by atoms with van der Waals surface area (Å²) < 4.78 is 5.21. The molecule has 1 N–H and O–H groups in total. The molecule has 0 aromatic heterocycles. The predicted molar refractivity (Wildman–Crippen MR) is 119 cm³/mol. The summed E-state index contributed by atoms with van der Waals surface area (Å²) in [4.78, 5) is 44.6. The highest BCUT2D eigenvalue weighted by Gasteiger charge is 2.74. The van der Waals surface area contributed by atoms with Crippen LogP contribution in [0.15, 0.2) is 36.4 Å². The first-order valence-corrected chi connectivity index (χ1v) is 11.2. The Morgan fingerprint density at radius 3 is 2.59 bits per heavy atom. The van der Waals surface area contributed by atoms with Crippen molar-refractivity contribution in [2.45, 2.75) is 31.3 Å². The fourth-order valence-electron chi connectivity index (χ4n) is 6.42. The fourth-order valence-corrected chi connectivity index (χ4v) is 6.69. The number of benzene rings is 2. The quantitative estimate of drug-likeness (QED) is 0.710. The van der Waals surface area contributed by atoms with Crippen molar-refractivity contribution in [1.82, 2.24) is 4.90 Å². The second kappa shape index (κ2) is 6.56. The van der Waals surface area contributed by atoms with Crippen molar-refractivity contribution >= 4 is 40.7 Å². The minimum Gasteiger partial charge on any atom is -0.497 e. The molecule has 0 aliphatic carbocycles. The molecule has 6 rings (SSSR count). The lowest BCUT2D eigenvalue weighted by Crippen LogP contribution is -2.54. The van der Waals surface area contributed by atoms with Crippen LogP contribution in [0.1, 0.15) is 24.0 Å². The standard InChI is InChI=1S/C24H22ClN3O4/c1-12-10-13(25)11-16-20(12)26-23(31)24(16)19-18(17-4-3-9-27(17)24)21(29)28(22(19)30)14-5-7-15(32-2)8-6-14/h5-8,10-11,17-19H,3-4,9H2,1-2H3,(H,26,31)/t17-,18+,19+,24-/m0/s1. The van der Waals surface area contributed by atoms with Gasteiger partial charge in [0, 0.05) is 22.3 Å². The zero-order valence-corrected chi connectivity index (χ0v) is 18.5. The lowest BCUT2D eigenvalue weighted by Gasteiger charge is -2.36. The van der Waals surface area contributed by atoms with Gasteiger partial charge in [-0.05, 0) is 68.3 Å². The van der Waals surface area contributed by atoms with Crippen LogP contribution < -0.4 is 15.0 Å². The second-order valence-corrected chi connectivity index (χ2v) is 9.42. The van der Waals surface area contributed by atoms with Gasteiger partial charge in [0.15, 0.2) is 0 Å². The smallest absolute Gasteiger partial charge is 0.250 e. The third kappa shape index (κ3) is 2.22. The first-order chi connectivity index (χ1) is 15.4. The maximum atomic E-state index is 13.9. The molecule has 7 nitrogen and oxygen atoms in total. The van der Waals surface area contributed by atoms with Crippen LogP contribution in [-0.2, 0) is 19.9 Å². The first-order valence-electron chi connectivity index (χ1n) is 10.8. The van der Waals surface area contributed by atoms with Crippen molar-refractivity contribution in [3.8, 4) is 5.75 Å². The van der Waals surface area contributed by atoms with E-state index in [1.165, 1.54) is 4.90 Å². The molecule has 4 aliphatic rings. The van der Waals surface area contributed by atoms with Crippen LogP contribution in [-0.4, -0.2) is 42.3 Å². The van der Waals surface area contributed by atoms with E-state index < -0.39 is 17.4 Å². The molecular formula is C24H22ClN3O4. The molecule has 0 bridgehead atoms. The number of hydrogen-bond donors (Lipinski definition) is 1. The summed E-state index contributed by atoms with van der Waals surface area (Å²) in [6.07, 6.45) is 1.66. The summed E-state index contributed by atoms with van der Waals surface area (Å²) in [7, 11) is 1.56. The van der Waals surface area contributed by atoms with Crippen LogP contribution in [0, 0.1) is 18.8 Å².